The van der Waals surface area contributed by atoms with Crippen molar-refractivity contribution in [3.8, 4) is 5.75 Å². The van der Waals surface area contributed by atoms with Gasteiger partial charge in [-0.1, -0.05) is 23.8 Å². The van der Waals surface area contributed by atoms with Gasteiger partial charge < -0.3 is 14.8 Å². The molecule has 0 aliphatic carbocycles. The van der Waals surface area contributed by atoms with Crippen LogP contribution in [0.25, 0.3) is 0 Å². The average Bonchev–Trinajstić information content (AvgIpc) is 2.65. The Kier molecular flexibility index (Phi) is 7.20. The summed E-state index contributed by atoms with van der Waals surface area (Å²) in [5.74, 6) is -1.99. The van der Waals surface area contributed by atoms with Gasteiger partial charge in [0, 0.05) is 11.1 Å². The van der Waals surface area contributed by atoms with Gasteiger partial charge in [-0.2, -0.15) is 8.78 Å². The van der Waals surface area contributed by atoms with Crippen molar-refractivity contribution in [1.82, 2.24) is 5.32 Å². The summed E-state index contributed by atoms with van der Waals surface area (Å²) in [7, 11) is 0. The fourth-order valence-electron chi connectivity index (χ4n) is 2.38. The summed E-state index contributed by atoms with van der Waals surface area (Å²) in [6.07, 6.45) is 0. The standard InChI is InChI=1S/C20H19F2NO5/c1-12-6-7-13(2)16(8-12)17(24)11-27-18(25)10-23-19(26)14-4-3-5-15(9-14)28-20(21)22/h3-9,20H,10-11H2,1-2H3,(H,23,26). The highest BCUT2D eigenvalue weighted by molar-refractivity contribution is 6.00. The van der Waals surface area contributed by atoms with Gasteiger partial charge in [-0.3, -0.25) is 14.4 Å². The third-order valence-electron chi connectivity index (χ3n) is 3.77. The fraction of sp³-hybridized carbons (Fsp3) is 0.250. The quantitative estimate of drug-likeness (QED) is 0.553. The summed E-state index contributed by atoms with van der Waals surface area (Å²) >= 11 is 0. The third-order valence-corrected chi connectivity index (χ3v) is 3.77. The van der Waals surface area contributed by atoms with Gasteiger partial charge in [-0.15, -0.1) is 0 Å². The SMILES string of the molecule is Cc1ccc(C)c(C(=O)COC(=O)CNC(=O)c2cccc(OC(F)F)c2)c1. The number of aryl methyl sites for hydroxylation is 2. The molecule has 6 nitrogen and oxygen atoms in total. The maximum Gasteiger partial charge on any atom is 0.387 e. The summed E-state index contributed by atoms with van der Waals surface area (Å²) < 4.78 is 33.5. The van der Waals surface area contributed by atoms with Crippen LogP contribution in [0.3, 0.4) is 0 Å². The van der Waals surface area contributed by atoms with Crippen LogP contribution < -0.4 is 10.1 Å². The lowest BCUT2D eigenvalue weighted by Gasteiger charge is -2.09. The largest absolute Gasteiger partial charge is 0.456 e. The van der Waals surface area contributed by atoms with E-state index >= 15 is 0 Å². The number of halogens is 2. The minimum Gasteiger partial charge on any atom is -0.456 e. The Morgan fingerprint density at radius 3 is 2.54 bits per heavy atom. The molecule has 8 heteroatoms. The molecule has 0 unspecified atom stereocenters. The lowest BCUT2D eigenvalue weighted by molar-refractivity contribution is -0.141. The molecule has 0 heterocycles. The second-order valence-electron chi connectivity index (χ2n) is 5.99. The summed E-state index contributed by atoms with van der Waals surface area (Å²) in [5.41, 5.74) is 2.18. The number of alkyl halides is 2. The van der Waals surface area contributed by atoms with Crippen LogP contribution in [0.2, 0.25) is 0 Å². The molecule has 2 rings (SSSR count). The number of amides is 1. The Morgan fingerprint density at radius 2 is 1.82 bits per heavy atom. The number of ether oxygens (including phenoxy) is 2. The Bertz CT molecular complexity index is 883. The minimum absolute atomic E-state index is 0.0393. The fourth-order valence-corrected chi connectivity index (χ4v) is 2.38. The van der Waals surface area contributed by atoms with E-state index < -0.39 is 31.6 Å². The topological polar surface area (TPSA) is 81.7 Å². The number of nitrogens with one attached hydrogen (secondary N) is 1. The van der Waals surface area contributed by atoms with Crippen molar-refractivity contribution >= 4 is 17.7 Å². The average molecular weight is 391 g/mol. The van der Waals surface area contributed by atoms with Crippen LogP contribution >= 0.6 is 0 Å². The minimum atomic E-state index is -3.01. The maximum atomic E-state index is 12.2. The first-order valence-electron chi connectivity index (χ1n) is 8.35. The molecule has 2 aromatic carbocycles. The second-order valence-corrected chi connectivity index (χ2v) is 5.99. The van der Waals surface area contributed by atoms with Gasteiger partial charge in [-0.25, -0.2) is 0 Å². The highest BCUT2D eigenvalue weighted by Crippen LogP contribution is 2.16. The number of carbonyl (C=O) groups excluding carboxylic acids is 3. The van der Waals surface area contributed by atoms with Gasteiger partial charge in [0.25, 0.3) is 5.91 Å². The van der Waals surface area contributed by atoms with Crippen molar-refractivity contribution in [2.24, 2.45) is 0 Å². The third kappa shape index (κ3) is 6.15. The Hall–Kier alpha value is -3.29. The van der Waals surface area contributed by atoms with Crippen molar-refractivity contribution in [1.29, 1.82) is 0 Å². The molecule has 0 atom stereocenters. The van der Waals surface area contributed by atoms with Crippen LogP contribution in [0.4, 0.5) is 8.78 Å². The van der Waals surface area contributed by atoms with Gasteiger partial charge in [0.05, 0.1) is 0 Å². The summed E-state index contributed by atoms with van der Waals surface area (Å²) in [4.78, 5) is 35.9. The lowest BCUT2D eigenvalue weighted by atomic mass is 10.0. The predicted octanol–water partition coefficient (Wildman–Crippen LogP) is 3.06. The van der Waals surface area contributed by atoms with E-state index in [0.717, 1.165) is 17.2 Å². The monoisotopic (exact) mass is 391 g/mol. The molecule has 0 aliphatic heterocycles. The molecule has 0 saturated heterocycles. The molecule has 1 amide bonds. The zero-order chi connectivity index (χ0) is 20.7. The predicted molar refractivity (Wildman–Crippen MR) is 96.6 cm³/mol. The first-order chi connectivity index (χ1) is 13.3. The molecule has 0 aliphatic rings. The van der Waals surface area contributed by atoms with Gasteiger partial charge in [0.2, 0.25) is 5.78 Å². The zero-order valence-corrected chi connectivity index (χ0v) is 15.3. The van der Waals surface area contributed by atoms with Crippen molar-refractivity contribution in [3.63, 3.8) is 0 Å². The van der Waals surface area contributed by atoms with Crippen LogP contribution in [0.5, 0.6) is 5.75 Å². The van der Waals surface area contributed by atoms with E-state index in [1.165, 1.54) is 18.2 Å². The van der Waals surface area contributed by atoms with Crippen LogP contribution in [-0.4, -0.2) is 37.4 Å². The first kappa shape index (κ1) is 21.0. The Morgan fingerprint density at radius 1 is 1.07 bits per heavy atom. The number of ketones is 1. The number of hydrogen-bond donors (Lipinski definition) is 1. The highest BCUT2D eigenvalue weighted by atomic mass is 19.3. The number of hydrogen-bond acceptors (Lipinski definition) is 5. The van der Waals surface area contributed by atoms with Crippen LogP contribution in [0.15, 0.2) is 42.5 Å². The Balaban J connectivity index is 1.84. The summed E-state index contributed by atoms with van der Waals surface area (Å²) in [5, 5.41) is 2.30. The zero-order valence-electron chi connectivity index (χ0n) is 15.3. The van der Waals surface area contributed by atoms with Crippen molar-refractivity contribution in [2.45, 2.75) is 20.5 Å². The van der Waals surface area contributed by atoms with E-state index in [4.69, 9.17) is 4.74 Å². The number of benzene rings is 2. The number of Topliss-reactive ketones (excluding diaryl/α,β-unsaturated/α-hetero) is 1. The smallest absolute Gasteiger partial charge is 0.387 e. The molecule has 0 fully saturated rings. The number of rotatable bonds is 8. The van der Waals surface area contributed by atoms with Crippen molar-refractivity contribution in [2.75, 3.05) is 13.2 Å². The first-order valence-corrected chi connectivity index (χ1v) is 8.35. The van der Waals surface area contributed by atoms with Crippen molar-refractivity contribution < 1.29 is 32.6 Å². The van der Waals surface area contributed by atoms with Gasteiger partial charge in [0.15, 0.2) is 6.61 Å². The second kappa shape index (κ2) is 9.59. The number of carbonyl (C=O) groups is 3. The van der Waals surface area contributed by atoms with E-state index in [-0.39, 0.29) is 17.1 Å². The van der Waals surface area contributed by atoms with Gasteiger partial charge in [-0.05, 0) is 43.7 Å². The molecule has 0 radical (unpaired) electrons. The van der Waals surface area contributed by atoms with E-state index in [0.29, 0.717) is 5.56 Å². The molecule has 0 aromatic heterocycles. The van der Waals surface area contributed by atoms with Crippen LogP contribution in [0, 0.1) is 13.8 Å². The molecule has 1 N–H and O–H groups in total. The molecular formula is C20H19F2NO5. The molecule has 0 spiro atoms. The molecule has 148 valence electrons. The van der Waals surface area contributed by atoms with Crippen LogP contribution in [0.1, 0.15) is 31.8 Å². The van der Waals surface area contributed by atoms with E-state index in [9.17, 15) is 23.2 Å². The molecule has 0 saturated carbocycles. The molecule has 28 heavy (non-hydrogen) atoms. The van der Waals surface area contributed by atoms with E-state index in [1.54, 1.807) is 19.1 Å². The summed E-state index contributed by atoms with van der Waals surface area (Å²) in [6, 6.07) is 10.5. The number of esters is 1. The highest BCUT2D eigenvalue weighted by Gasteiger charge is 2.14. The van der Waals surface area contributed by atoms with Crippen LogP contribution in [-0.2, 0) is 9.53 Å². The molecule has 2 aromatic rings. The van der Waals surface area contributed by atoms with Crippen molar-refractivity contribution in [3.05, 3.63) is 64.7 Å². The molecule has 0 bridgehead atoms. The van der Waals surface area contributed by atoms with Gasteiger partial charge >= 0.3 is 12.6 Å². The normalized spacial score (nSPS) is 10.5. The van der Waals surface area contributed by atoms with Gasteiger partial charge in [0.1, 0.15) is 12.3 Å². The maximum absolute atomic E-state index is 12.2. The lowest BCUT2D eigenvalue weighted by Crippen LogP contribution is -2.31. The summed E-state index contributed by atoms with van der Waals surface area (Å²) in [6.45, 7) is -0.308. The van der Waals surface area contributed by atoms with E-state index in [1.807, 2.05) is 13.0 Å². The Labute approximate surface area is 160 Å². The van der Waals surface area contributed by atoms with E-state index in [2.05, 4.69) is 10.1 Å². The molecular weight excluding hydrogens is 372 g/mol.